The first-order valence-corrected chi connectivity index (χ1v) is 7.55. The molecule has 2 unspecified atom stereocenters. The molecule has 19 heavy (non-hydrogen) atoms. The normalized spacial score (nSPS) is 27.5. The Kier molecular flexibility index (Phi) is 3.85. The van der Waals surface area contributed by atoms with Gasteiger partial charge >= 0.3 is 0 Å². The van der Waals surface area contributed by atoms with Gasteiger partial charge in [-0.05, 0) is 50.8 Å². The smallest absolute Gasteiger partial charge is 0.0686 e. The summed E-state index contributed by atoms with van der Waals surface area (Å²) in [6.45, 7) is 0.912. The van der Waals surface area contributed by atoms with Gasteiger partial charge in [-0.1, -0.05) is 18.9 Å². The summed E-state index contributed by atoms with van der Waals surface area (Å²) >= 11 is 0. The zero-order valence-corrected chi connectivity index (χ0v) is 11.8. The van der Waals surface area contributed by atoms with Crippen LogP contribution in [0.25, 0.3) is 0 Å². The Morgan fingerprint density at radius 2 is 2.21 bits per heavy atom. The third-order valence-electron chi connectivity index (χ3n) is 4.83. The Labute approximate surface area is 115 Å². The van der Waals surface area contributed by atoms with Crippen LogP contribution in [-0.2, 0) is 4.74 Å². The third-order valence-corrected chi connectivity index (χ3v) is 4.83. The fourth-order valence-corrected chi connectivity index (χ4v) is 3.90. The highest BCUT2D eigenvalue weighted by atomic mass is 16.5. The maximum Gasteiger partial charge on any atom is 0.0686 e. The molecule has 1 aliphatic carbocycles. The molecule has 104 valence electrons. The topological polar surface area (TPSA) is 34.2 Å². The maximum atomic E-state index is 6.14. The van der Waals surface area contributed by atoms with Gasteiger partial charge in [0.2, 0.25) is 0 Å². The summed E-state index contributed by atoms with van der Waals surface area (Å²) in [6.07, 6.45) is 9.40. The number of rotatable bonds is 3. The molecule has 0 radical (unpaired) electrons. The van der Waals surface area contributed by atoms with E-state index in [1.54, 1.807) is 0 Å². The molecule has 2 heterocycles. The molecular formula is C16H24N2O. The third kappa shape index (κ3) is 2.67. The lowest BCUT2D eigenvalue weighted by Gasteiger charge is -2.41. The van der Waals surface area contributed by atoms with Gasteiger partial charge in [0, 0.05) is 12.8 Å². The molecule has 1 saturated carbocycles. The molecule has 2 fully saturated rings. The molecule has 2 aliphatic rings. The summed E-state index contributed by atoms with van der Waals surface area (Å²) in [5.41, 5.74) is 1.36. The SMILES string of the molecule is CNC(c1ccccn1)C1CCOC2(CCCC2)C1. The number of ether oxygens (including phenoxy) is 1. The monoisotopic (exact) mass is 260 g/mol. The number of pyridine rings is 1. The van der Waals surface area contributed by atoms with E-state index >= 15 is 0 Å². The standard InChI is InChI=1S/C16H24N2O/c1-17-15(14-6-2-5-10-18-14)13-7-11-19-16(12-13)8-3-4-9-16/h2,5-6,10,13,15,17H,3-4,7-9,11-12H2,1H3. The van der Waals surface area contributed by atoms with Gasteiger partial charge < -0.3 is 10.1 Å². The van der Waals surface area contributed by atoms with E-state index in [9.17, 15) is 0 Å². The molecule has 1 aromatic heterocycles. The van der Waals surface area contributed by atoms with E-state index < -0.39 is 0 Å². The summed E-state index contributed by atoms with van der Waals surface area (Å²) in [5, 5.41) is 3.48. The molecule has 3 heteroatoms. The zero-order valence-electron chi connectivity index (χ0n) is 11.8. The van der Waals surface area contributed by atoms with Gasteiger partial charge in [0.25, 0.3) is 0 Å². The van der Waals surface area contributed by atoms with Gasteiger partial charge in [-0.25, -0.2) is 0 Å². The molecule has 3 rings (SSSR count). The van der Waals surface area contributed by atoms with Gasteiger partial charge in [0.15, 0.2) is 0 Å². The molecular weight excluding hydrogens is 236 g/mol. The van der Waals surface area contributed by atoms with Crippen LogP contribution in [0.3, 0.4) is 0 Å². The predicted octanol–water partition coefficient (Wildman–Crippen LogP) is 3.08. The number of nitrogens with zero attached hydrogens (tertiary/aromatic N) is 1. The lowest BCUT2D eigenvalue weighted by molar-refractivity contribution is -0.0980. The van der Waals surface area contributed by atoms with Crippen LogP contribution in [-0.4, -0.2) is 24.2 Å². The second-order valence-electron chi connectivity index (χ2n) is 6.01. The number of nitrogens with one attached hydrogen (secondary N) is 1. The molecule has 2 atom stereocenters. The van der Waals surface area contributed by atoms with Crippen LogP contribution in [0.4, 0.5) is 0 Å². The van der Waals surface area contributed by atoms with E-state index in [1.807, 2.05) is 12.3 Å². The average Bonchev–Trinajstić information content (AvgIpc) is 2.89. The molecule has 1 saturated heterocycles. The highest BCUT2D eigenvalue weighted by Gasteiger charge is 2.42. The fourth-order valence-electron chi connectivity index (χ4n) is 3.90. The highest BCUT2D eigenvalue weighted by Crippen LogP contribution is 2.44. The zero-order chi connectivity index (χ0) is 13.1. The Balaban J connectivity index is 1.76. The van der Waals surface area contributed by atoms with Crippen molar-refractivity contribution in [3.63, 3.8) is 0 Å². The minimum absolute atomic E-state index is 0.187. The van der Waals surface area contributed by atoms with Crippen LogP contribution in [0.15, 0.2) is 24.4 Å². The minimum Gasteiger partial charge on any atom is -0.375 e. The molecule has 0 amide bonds. The lowest BCUT2D eigenvalue weighted by Crippen LogP contribution is -2.41. The van der Waals surface area contributed by atoms with Crippen LogP contribution in [0.1, 0.15) is 50.3 Å². The summed E-state index contributed by atoms with van der Waals surface area (Å²) in [5.74, 6) is 0.645. The second-order valence-corrected chi connectivity index (χ2v) is 6.01. The number of aromatic nitrogens is 1. The largest absolute Gasteiger partial charge is 0.375 e. The van der Waals surface area contributed by atoms with E-state index in [4.69, 9.17) is 4.74 Å². The van der Waals surface area contributed by atoms with Crippen LogP contribution in [0.5, 0.6) is 0 Å². The number of hydrogen-bond donors (Lipinski definition) is 1. The molecule has 1 aliphatic heterocycles. The van der Waals surface area contributed by atoms with E-state index in [0.717, 1.165) is 13.0 Å². The summed E-state index contributed by atoms with van der Waals surface area (Å²) < 4.78 is 6.14. The Morgan fingerprint density at radius 1 is 1.37 bits per heavy atom. The fraction of sp³-hybridized carbons (Fsp3) is 0.688. The first-order valence-electron chi connectivity index (χ1n) is 7.55. The van der Waals surface area contributed by atoms with Gasteiger partial charge in [-0.3, -0.25) is 4.98 Å². The van der Waals surface area contributed by atoms with Crippen LogP contribution >= 0.6 is 0 Å². The van der Waals surface area contributed by atoms with Crippen LogP contribution < -0.4 is 5.32 Å². The van der Waals surface area contributed by atoms with Gasteiger partial charge in [-0.2, -0.15) is 0 Å². The molecule has 1 N–H and O–H groups in total. The van der Waals surface area contributed by atoms with E-state index in [-0.39, 0.29) is 5.60 Å². The van der Waals surface area contributed by atoms with Crippen molar-refractivity contribution in [3.05, 3.63) is 30.1 Å². The van der Waals surface area contributed by atoms with Crippen LogP contribution in [0.2, 0.25) is 0 Å². The lowest BCUT2D eigenvalue weighted by atomic mass is 9.79. The Morgan fingerprint density at radius 3 is 2.89 bits per heavy atom. The van der Waals surface area contributed by atoms with Crippen molar-refractivity contribution in [1.29, 1.82) is 0 Å². The highest BCUT2D eigenvalue weighted by molar-refractivity contribution is 5.11. The molecule has 1 spiro atoms. The second kappa shape index (κ2) is 5.59. The Bertz CT molecular complexity index is 400. The maximum absolute atomic E-state index is 6.14. The van der Waals surface area contributed by atoms with E-state index in [2.05, 4.69) is 29.5 Å². The van der Waals surface area contributed by atoms with Crippen molar-refractivity contribution in [3.8, 4) is 0 Å². The van der Waals surface area contributed by atoms with Crippen molar-refractivity contribution in [2.24, 2.45) is 5.92 Å². The molecule has 3 nitrogen and oxygen atoms in total. The van der Waals surface area contributed by atoms with E-state index in [1.165, 1.54) is 37.8 Å². The summed E-state index contributed by atoms with van der Waals surface area (Å²) in [7, 11) is 2.05. The van der Waals surface area contributed by atoms with Crippen molar-refractivity contribution in [2.75, 3.05) is 13.7 Å². The van der Waals surface area contributed by atoms with Gasteiger partial charge in [0.1, 0.15) is 0 Å². The first-order chi connectivity index (χ1) is 9.33. The summed E-state index contributed by atoms with van der Waals surface area (Å²) in [6, 6.07) is 6.57. The van der Waals surface area contributed by atoms with Crippen LogP contribution in [0, 0.1) is 5.92 Å². The minimum atomic E-state index is 0.187. The van der Waals surface area contributed by atoms with Crippen molar-refractivity contribution in [1.82, 2.24) is 10.3 Å². The van der Waals surface area contributed by atoms with Gasteiger partial charge in [-0.15, -0.1) is 0 Å². The molecule has 0 bridgehead atoms. The predicted molar refractivity (Wildman–Crippen MR) is 75.9 cm³/mol. The van der Waals surface area contributed by atoms with Crippen molar-refractivity contribution < 1.29 is 4.74 Å². The quantitative estimate of drug-likeness (QED) is 0.907. The summed E-state index contributed by atoms with van der Waals surface area (Å²) in [4.78, 5) is 4.54. The molecule has 1 aromatic rings. The van der Waals surface area contributed by atoms with E-state index in [0.29, 0.717) is 12.0 Å². The molecule has 0 aromatic carbocycles. The number of hydrogen-bond acceptors (Lipinski definition) is 3. The first kappa shape index (κ1) is 13.1. The Hall–Kier alpha value is -0.930. The van der Waals surface area contributed by atoms with Gasteiger partial charge in [0.05, 0.1) is 17.3 Å². The van der Waals surface area contributed by atoms with Crippen molar-refractivity contribution in [2.45, 2.75) is 50.2 Å². The average molecular weight is 260 g/mol. The van der Waals surface area contributed by atoms with Crippen molar-refractivity contribution >= 4 is 0 Å².